The van der Waals surface area contributed by atoms with Crippen LogP contribution in [0.15, 0.2) is 12.4 Å². The molecule has 1 amide bonds. The smallest absolute Gasteiger partial charge is 0.225 e. The molecule has 24 heavy (non-hydrogen) atoms. The van der Waals surface area contributed by atoms with E-state index in [1.165, 1.54) is 0 Å². The number of hydrogen-bond donors (Lipinski definition) is 0. The summed E-state index contributed by atoms with van der Waals surface area (Å²) in [5, 5.41) is -0.505. The lowest BCUT2D eigenvalue weighted by molar-refractivity contribution is -0.134. The lowest BCUT2D eigenvalue weighted by Crippen LogP contribution is -2.46. The zero-order valence-electron chi connectivity index (χ0n) is 14.3. The van der Waals surface area contributed by atoms with Gasteiger partial charge in [0, 0.05) is 51.4 Å². The number of aromatic nitrogens is 2. The van der Waals surface area contributed by atoms with Gasteiger partial charge in [0.05, 0.1) is 11.0 Å². The Hall–Kier alpha value is -1.70. The third-order valence-corrected chi connectivity index (χ3v) is 7.37. The molecule has 2 fully saturated rings. The quantitative estimate of drug-likeness (QED) is 0.781. The van der Waals surface area contributed by atoms with Crippen molar-refractivity contribution in [3.63, 3.8) is 0 Å². The van der Waals surface area contributed by atoms with Crippen molar-refractivity contribution in [1.29, 1.82) is 0 Å². The molecule has 2 aliphatic rings. The van der Waals surface area contributed by atoms with Crippen LogP contribution < -0.4 is 4.90 Å². The lowest BCUT2D eigenvalue weighted by Gasteiger charge is -2.33. The minimum Gasteiger partial charge on any atom is -0.349 e. The zero-order chi connectivity index (χ0) is 17.5. The largest absolute Gasteiger partial charge is 0.349 e. The topological polar surface area (TPSA) is 83.5 Å². The van der Waals surface area contributed by atoms with Gasteiger partial charge in [0.2, 0.25) is 11.9 Å². The van der Waals surface area contributed by atoms with Gasteiger partial charge in [-0.2, -0.15) is 0 Å². The van der Waals surface area contributed by atoms with E-state index in [0.717, 1.165) is 12.0 Å². The molecule has 2 saturated heterocycles. The standard InChI is InChI=1S/C16H24N4O3S/c1-4-11-7-17-16(18-8-11)20-9-13-12(15(21)19(2)3)5-6-24(22,23)14(13)10-20/h7-8,12-14H,4-6,9-10H2,1-3H3/t12-,13+,14+/m0/s1. The van der Waals surface area contributed by atoms with E-state index >= 15 is 0 Å². The maximum atomic E-state index is 12.5. The van der Waals surface area contributed by atoms with E-state index in [0.29, 0.717) is 25.5 Å². The SMILES string of the molecule is CCc1cnc(N2C[C@@H]3[C@@H](C(=O)N(C)C)CCS(=O)(=O)[C@@H]3C2)nc1. The van der Waals surface area contributed by atoms with Crippen LogP contribution in [0.5, 0.6) is 0 Å². The summed E-state index contributed by atoms with van der Waals surface area (Å²) in [7, 11) is 0.270. The van der Waals surface area contributed by atoms with Crippen molar-refractivity contribution in [2.45, 2.75) is 25.0 Å². The van der Waals surface area contributed by atoms with Crippen molar-refractivity contribution in [3.05, 3.63) is 18.0 Å². The number of fused-ring (bicyclic) bond motifs is 1. The monoisotopic (exact) mass is 352 g/mol. The fourth-order valence-corrected chi connectivity index (χ4v) is 5.82. The molecule has 2 aliphatic heterocycles. The number of nitrogens with zero attached hydrogens (tertiary/aromatic N) is 4. The molecule has 132 valence electrons. The molecule has 0 aliphatic carbocycles. The van der Waals surface area contributed by atoms with Crippen molar-refractivity contribution in [3.8, 4) is 0 Å². The van der Waals surface area contributed by atoms with Gasteiger partial charge in [-0.25, -0.2) is 18.4 Å². The van der Waals surface area contributed by atoms with Crippen molar-refractivity contribution < 1.29 is 13.2 Å². The van der Waals surface area contributed by atoms with Crippen LogP contribution in [0.1, 0.15) is 18.9 Å². The number of rotatable bonds is 3. The molecule has 8 heteroatoms. The number of amides is 1. The van der Waals surface area contributed by atoms with Crippen molar-refractivity contribution in [2.75, 3.05) is 37.8 Å². The van der Waals surface area contributed by atoms with E-state index in [1.807, 2.05) is 11.8 Å². The number of anilines is 1. The maximum Gasteiger partial charge on any atom is 0.225 e. The molecule has 0 spiro atoms. The number of hydrogen-bond acceptors (Lipinski definition) is 6. The van der Waals surface area contributed by atoms with Crippen molar-refractivity contribution >= 4 is 21.7 Å². The maximum absolute atomic E-state index is 12.5. The van der Waals surface area contributed by atoms with Gasteiger partial charge < -0.3 is 9.80 Å². The molecule has 0 radical (unpaired) electrons. The van der Waals surface area contributed by atoms with E-state index < -0.39 is 15.1 Å². The highest BCUT2D eigenvalue weighted by molar-refractivity contribution is 7.92. The molecule has 1 aromatic rings. The second kappa shape index (κ2) is 6.31. The number of aryl methyl sites for hydroxylation is 1. The minimum atomic E-state index is -3.17. The first-order valence-corrected chi connectivity index (χ1v) is 10.0. The van der Waals surface area contributed by atoms with E-state index in [2.05, 4.69) is 9.97 Å². The fourth-order valence-electron chi connectivity index (χ4n) is 3.72. The van der Waals surface area contributed by atoms with E-state index in [-0.39, 0.29) is 23.5 Å². The summed E-state index contributed by atoms with van der Waals surface area (Å²) in [6, 6.07) is 0. The Kier molecular flexibility index (Phi) is 4.50. The van der Waals surface area contributed by atoms with Gasteiger partial charge in [0.15, 0.2) is 9.84 Å². The van der Waals surface area contributed by atoms with Crippen LogP contribution >= 0.6 is 0 Å². The molecular weight excluding hydrogens is 328 g/mol. The van der Waals surface area contributed by atoms with E-state index in [4.69, 9.17) is 0 Å². The van der Waals surface area contributed by atoms with Crippen LogP contribution in [-0.2, 0) is 21.1 Å². The first-order valence-electron chi connectivity index (χ1n) is 8.32. The van der Waals surface area contributed by atoms with Crippen LogP contribution in [0.2, 0.25) is 0 Å². The van der Waals surface area contributed by atoms with Crippen LogP contribution in [0.4, 0.5) is 5.95 Å². The Morgan fingerprint density at radius 2 is 1.96 bits per heavy atom. The molecule has 0 saturated carbocycles. The normalized spacial score (nSPS) is 28.5. The highest BCUT2D eigenvalue weighted by Crippen LogP contribution is 2.38. The summed E-state index contributed by atoms with van der Waals surface area (Å²) in [4.78, 5) is 24.7. The van der Waals surface area contributed by atoms with Gasteiger partial charge in [0.25, 0.3) is 0 Å². The second-order valence-corrected chi connectivity index (χ2v) is 9.19. The summed E-state index contributed by atoms with van der Waals surface area (Å²) >= 11 is 0. The summed E-state index contributed by atoms with van der Waals surface area (Å²) in [5.41, 5.74) is 1.05. The fraction of sp³-hybridized carbons (Fsp3) is 0.688. The molecule has 7 nitrogen and oxygen atoms in total. The van der Waals surface area contributed by atoms with Crippen LogP contribution in [0.3, 0.4) is 0 Å². The zero-order valence-corrected chi connectivity index (χ0v) is 15.2. The Morgan fingerprint density at radius 1 is 1.29 bits per heavy atom. The van der Waals surface area contributed by atoms with Gasteiger partial charge in [-0.1, -0.05) is 6.92 Å². The molecule has 0 aromatic carbocycles. The molecule has 0 unspecified atom stereocenters. The molecule has 3 rings (SSSR count). The first-order chi connectivity index (χ1) is 11.3. The molecular formula is C16H24N4O3S. The minimum absolute atomic E-state index is 0.0176. The Labute approximate surface area is 143 Å². The number of carbonyl (C=O) groups excluding carboxylic acids is 1. The first kappa shape index (κ1) is 17.1. The summed E-state index contributed by atoms with van der Waals surface area (Å²) in [6.45, 7) is 2.92. The average Bonchev–Trinajstić information content (AvgIpc) is 3.01. The predicted octanol–water partition coefficient (Wildman–Crippen LogP) is 0.367. The van der Waals surface area contributed by atoms with Crippen LogP contribution in [0.25, 0.3) is 0 Å². The molecule has 3 atom stereocenters. The third-order valence-electron chi connectivity index (χ3n) is 5.14. The van der Waals surface area contributed by atoms with Crippen LogP contribution in [-0.4, -0.2) is 67.4 Å². The van der Waals surface area contributed by atoms with Crippen molar-refractivity contribution in [1.82, 2.24) is 14.9 Å². The predicted molar refractivity (Wildman–Crippen MR) is 91.5 cm³/mol. The van der Waals surface area contributed by atoms with Crippen molar-refractivity contribution in [2.24, 2.45) is 11.8 Å². The summed E-state index contributed by atoms with van der Waals surface area (Å²) in [6.07, 6.45) is 4.83. The highest BCUT2D eigenvalue weighted by Gasteiger charge is 2.51. The molecule has 0 N–H and O–H groups in total. The Balaban J connectivity index is 1.86. The molecule has 0 bridgehead atoms. The Morgan fingerprint density at radius 3 is 2.54 bits per heavy atom. The second-order valence-electron chi connectivity index (χ2n) is 6.85. The lowest BCUT2D eigenvalue weighted by atomic mass is 9.87. The van der Waals surface area contributed by atoms with Gasteiger partial charge in [0.1, 0.15) is 0 Å². The van der Waals surface area contributed by atoms with Crippen LogP contribution in [0, 0.1) is 11.8 Å². The molecule has 3 heterocycles. The average molecular weight is 352 g/mol. The Bertz CT molecular complexity index is 717. The summed E-state index contributed by atoms with van der Waals surface area (Å²) < 4.78 is 25.0. The third kappa shape index (κ3) is 2.99. The van der Waals surface area contributed by atoms with Gasteiger partial charge >= 0.3 is 0 Å². The molecule has 1 aromatic heterocycles. The number of sulfone groups is 1. The van der Waals surface area contributed by atoms with E-state index in [1.54, 1.807) is 31.4 Å². The highest BCUT2D eigenvalue weighted by atomic mass is 32.2. The summed E-state index contributed by atoms with van der Waals surface area (Å²) in [5.74, 6) is 0.223. The van der Waals surface area contributed by atoms with Gasteiger partial charge in [-0.3, -0.25) is 4.79 Å². The van der Waals surface area contributed by atoms with Gasteiger partial charge in [-0.15, -0.1) is 0 Å². The van der Waals surface area contributed by atoms with E-state index in [9.17, 15) is 13.2 Å². The van der Waals surface area contributed by atoms with Gasteiger partial charge in [-0.05, 0) is 18.4 Å². The number of carbonyl (C=O) groups is 1.